The van der Waals surface area contributed by atoms with Gasteiger partial charge in [0.15, 0.2) is 0 Å². The summed E-state index contributed by atoms with van der Waals surface area (Å²) in [5, 5.41) is 14.6. The van der Waals surface area contributed by atoms with Crippen LogP contribution in [0.3, 0.4) is 0 Å². The number of aliphatic carboxylic acids is 1. The van der Waals surface area contributed by atoms with Gasteiger partial charge in [0.2, 0.25) is 5.95 Å². The number of aryl methyl sites for hydroxylation is 2. The third-order valence-corrected chi connectivity index (χ3v) is 3.35. The zero-order valence-corrected chi connectivity index (χ0v) is 14.0. The zero-order chi connectivity index (χ0) is 17.9. The summed E-state index contributed by atoms with van der Waals surface area (Å²) in [6, 6.07) is 8.52. The van der Waals surface area contributed by atoms with Crippen molar-refractivity contribution in [1.82, 2.24) is 15.3 Å². The third kappa shape index (κ3) is 4.28. The van der Waals surface area contributed by atoms with Crippen LogP contribution in [0.1, 0.15) is 35.6 Å². The van der Waals surface area contributed by atoms with Gasteiger partial charge in [0.05, 0.1) is 0 Å². The number of carboxylic acid groups (broad SMARTS) is 1. The van der Waals surface area contributed by atoms with Crippen LogP contribution in [0.25, 0.3) is 0 Å². The molecule has 2 rings (SSSR count). The normalized spacial score (nSPS) is 11.0. The number of carbonyl (C=O) groups excluding carboxylic acids is 1. The molecular weight excluding hydrogens is 308 g/mol. The molecule has 0 aliphatic carbocycles. The average molecular weight is 328 g/mol. The summed E-state index contributed by atoms with van der Waals surface area (Å²) in [6.07, 6.45) is 0. The second-order valence-corrected chi connectivity index (χ2v) is 6.06. The molecule has 0 fully saturated rings. The Balaban J connectivity index is 2.10. The number of hydrogen-bond acceptors (Lipinski definition) is 5. The molecule has 7 heteroatoms. The number of carbonyl (C=O) groups is 2. The van der Waals surface area contributed by atoms with Crippen LogP contribution in [-0.4, -0.2) is 32.5 Å². The first kappa shape index (κ1) is 17.4. The van der Waals surface area contributed by atoms with E-state index in [-0.39, 0.29) is 0 Å². The standard InChI is InChI=1S/C17H20N4O3/c1-10-9-11(2)19-16(18-10)20-13-7-5-12(6-8-13)14(22)21-17(3,4)15(23)24/h5-9H,1-4H3,(H,21,22)(H,23,24)(H,18,19,20). The number of nitrogens with zero attached hydrogens (tertiary/aromatic N) is 2. The minimum absolute atomic E-state index is 0.371. The van der Waals surface area contributed by atoms with E-state index in [9.17, 15) is 9.59 Å². The molecule has 1 aromatic heterocycles. The van der Waals surface area contributed by atoms with E-state index >= 15 is 0 Å². The molecule has 0 radical (unpaired) electrons. The number of aromatic nitrogens is 2. The van der Waals surface area contributed by atoms with Crippen LogP contribution in [0.2, 0.25) is 0 Å². The Bertz CT molecular complexity index is 750. The Morgan fingerprint density at radius 1 is 1.04 bits per heavy atom. The van der Waals surface area contributed by atoms with E-state index < -0.39 is 17.4 Å². The number of rotatable bonds is 5. The lowest BCUT2D eigenvalue weighted by atomic mass is 10.1. The Kier molecular flexibility index (Phi) is 4.82. The summed E-state index contributed by atoms with van der Waals surface area (Å²) < 4.78 is 0. The molecule has 0 spiro atoms. The van der Waals surface area contributed by atoms with Crippen molar-refractivity contribution in [2.24, 2.45) is 0 Å². The van der Waals surface area contributed by atoms with Crippen LogP contribution in [0.15, 0.2) is 30.3 Å². The maximum absolute atomic E-state index is 12.1. The van der Waals surface area contributed by atoms with E-state index in [1.54, 1.807) is 24.3 Å². The average Bonchev–Trinajstić information content (AvgIpc) is 2.46. The van der Waals surface area contributed by atoms with E-state index in [1.165, 1.54) is 13.8 Å². The lowest BCUT2D eigenvalue weighted by Crippen LogP contribution is -2.49. The van der Waals surface area contributed by atoms with Gasteiger partial charge in [0.25, 0.3) is 5.91 Å². The third-order valence-electron chi connectivity index (χ3n) is 3.35. The van der Waals surface area contributed by atoms with Gasteiger partial charge in [-0.05, 0) is 58.0 Å². The van der Waals surface area contributed by atoms with Crippen LogP contribution in [-0.2, 0) is 4.79 Å². The van der Waals surface area contributed by atoms with Crippen LogP contribution in [0.4, 0.5) is 11.6 Å². The van der Waals surface area contributed by atoms with Crippen molar-refractivity contribution in [3.05, 3.63) is 47.3 Å². The number of benzene rings is 1. The van der Waals surface area contributed by atoms with Gasteiger partial charge in [-0.25, -0.2) is 14.8 Å². The maximum atomic E-state index is 12.1. The SMILES string of the molecule is Cc1cc(C)nc(Nc2ccc(C(=O)NC(C)(C)C(=O)O)cc2)n1. The molecule has 1 heterocycles. The van der Waals surface area contributed by atoms with Crippen molar-refractivity contribution in [1.29, 1.82) is 0 Å². The van der Waals surface area contributed by atoms with Crippen LogP contribution >= 0.6 is 0 Å². The van der Waals surface area contributed by atoms with Gasteiger partial charge in [0.1, 0.15) is 5.54 Å². The Morgan fingerprint density at radius 2 is 1.58 bits per heavy atom. The molecule has 1 amide bonds. The summed E-state index contributed by atoms with van der Waals surface area (Å²) in [7, 11) is 0. The molecule has 0 saturated carbocycles. The van der Waals surface area contributed by atoms with Gasteiger partial charge in [-0.3, -0.25) is 4.79 Å². The Labute approximate surface area is 140 Å². The van der Waals surface area contributed by atoms with Crippen molar-refractivity contribution in [3.8, 4) is 0 Å². The monoisotopic (exact) mass is 328 g/mol. The van der Waals surface area contributed by atoms with E-state index in [1.807, 2.05) is 19.9 Å². The van der Waals surface area contributed by atoms with E-state index in [0.29, 0.717) is 11.5 Å². The van der Waals surface area contributed by atoms with Crippen LogP contribution in [0.5, 0.6) is 0 Å². The van der Waals surface area contributed by atoms with E-state index in [0.717, 1.165) is 17.1 Å². The molecule has 1 aromatic carbocycles. The molecular formula is C17H20N4O3. The number of nitrogens with one attached hydrogen (secondary N) is 2. The Morgan fingerprint density at radius 3 is 2.08 bits per heavy atom. The highest BCUT2D eigenvalue weighted by molar-refractivity contribution is 5.97. The van der Waals surface area contributed by atoms with E-state index in [2.05, 4.69) is 20.6 Å². The largest absolute Gasteiger partial charge is 0.480 e. The second-order valence-electron chi connectivity index (χ2n) is 6.06. The maximum Gasteiger partial charge on any atom is 0.328 e. The molecule has 2 aromatic rings. The first-order valence-electron chi connectivity index (χ1n) is 7.42. The number of carboxylic acids is 1. The summed E-state index contributed by atoms with van der Waals surface area (Å²) in [4.78, 5) is 31.7. The van der Waals surface area contributed by atoms with Crippen molar-refractivity contribution in [3.63, 3.8) is 0 Å². The molecule has 0 aliphatic heterocycles. The quantitative estimate of drug-likeness (QED) is 0.779. The molecule has 126 valence electrons. The molecule has 0 unspecified atom stereocenters. The predicted molar refractivity (Wildman–Crippen MR) is 90.4 cm³/mol. The highest BCUT2D eigenvalue weighted by Crippen LogP contribution is 2.15. The van der Waals surface area contributed by atoms with Gasteiger partial charge < -0.3 is 15.7 Å². The molecule has 0 aliphatic rings. The highest BCUT2D eigenvalue weighted by Gasteiger charge is 2.29. The van der Waals surface area contributed by atoms with Crippen LogP contribution < -0.4 is 10.6 Å². The molecule has 0 saturated heterocycles. The topological polar surface area (TPSA) is 104 Å². The van der Waals surface area contributed by atoms with Crippen molar-refractivity contribution >= 4 is 23.5 Å². The minimum Gasteiger partial charge on any atom is -0.480 e. The van der Waals surface area contributed by atoms with E-state index in [4.69, 9.17) is 5.11 Å². The molecule has 0 atom stereocenters. The lowest BCUT2D eigenvalue weighted by molar-refractivity contribution is -0.143. The van der Waals surface area contributed by atoms with Gasteiger partial charge in [-0.15, -0.1) is 0 Å². The molecule has 3 N–H and O–H groups in total. The highest BCUT2D eigenvalue weighted by atomic mass is 16.4. The first-order chi connectivity index (χ1) is 11.2. The fourth-order valence-electron chi connectivity index (χ4n) is 2.03. The predicted octanol–water partition coefficient (Wildman–Crippen LogP) is 2.43. The second kappa shape index (κ2) is 6.66. The van der Waals surface area contributed by atoms with Gasteiger partial charge in [-0.1, -0.05) is 0 Å². The summed E-state index contributed by atoms with van der Waals surface area (Å²) in [5.74, 6) is -1.06. The molecule has 24 heavy (non-hydrogen) atoms. The molecule has 7 nitrogen and oxygen atoms in total. The van der Waals surface area contributed by atoms with Crippen molar-refractivity contribution < 1.29 is 14.7 Å². The van der Waals surface area contributed by atoms with Gasteiger partial charge in [-0.2, -0.15) is 0 Å². The number of hydrogen-bond donors (Lipinski definition) is 3. The number of amides is 1. The van der Waals surface area contributed by atoms with Crippen molar-refractivity contribution in [2.75, 3.05) is 5.32 Å². The summed E-state index contributed by atoms with van der Waals surface area (Å²) >= 11 is 0. The smallest absolute Gasteiger partial charge is 0.328 e. The lowest BCUT2D eigenvalue weighted by Gasteiger charge is -2.21. The first-order valence-corrected chi connectivity index (χ1v) is 7.42. The van der Waals surface area contributed by atoms with Gasteiger partial charge >= 0.3 is 5.97 Å². The fourth-order valence-corrected chi connectivity index (χ4v) is 2.03. The fraction of sp³-hybridized carbons (Fsp3) is 0.294. The minimum atomic E-state index is -1.33. The number of anilines is 2. The van der Waals surface area contributed by atoms with Gasteiger partial charge in [0, 0.05) is 22.6 Å². The zero-order valence-electron chi connectivity index (χ0n) is 14.0. The summed E-state index contributed by atoms with van der Waals surface area (Å²) in [5.41, 5.74) is 1.49. The summed E-state index contributed by atoms with van der Waals surface area (Å²) in [6.45, 7) is 6.64. The molecule has 0 bridgehead atoms. The van der Waals surface area contributed by atoms with Crippen molar-refractivity contribution in [2.45, 2.75) is 33.2 Å². The van der Waals surface area contributed by atoms with Crippen LogP contribution in [0, 0.1) is 13.8 Å². The Hall–Kier alpha value is -2.96.